The number of rotatable bonds is 5. The van der Waals surface area contributed by atoms with Gasteiger partial charge in [-0.3, -0.25) is 0 Å². The zero-order valence-corrected chi connectivity index (χ0v) is 11.4. The Labute approximate surface area is 116 Å². The van der Waals surface area contributed by atoms with E-state index in [2.05, 4.69) is 10.1 Å². The van der Waals surface area contributed by atoms with E-state index in [-0.39, 0.29) is 11.9 Å². The summed E-state index contributed by atoms with van der Waals surface area (Å²) in [4.78, 5) is 4.40. The van der Waals surface area contributed by atoms with Gasteiger partial charge in [0, 0.05) is 24.1 Å². The summed E-state index contributed by atoms with van der Waals surface area (Å²) in [5.41, 5.74) is 7.01. The van der Waals surface area contributed by atoms with Crippen LogP contribution in [0.2, 0.25) is 0 Å². The SMILES string of the molecule is COCC(C)Oc1cc(C(N)=NO)c2ccccc2n1. The molecule has 1 aromatic heterocycles. The second kappa shape index (κ2) is 6.21. The molecule has 1 atom stereocenters. The molecule has 0 fully saturated rings. The Balaban J connectivity index is 2.47. The fraction of sp³-hybridized carbons (Fsp3) is 0.286. The Hall–Kier alpha value is -2.34. The van der Waals surface area contributed by atoms with Crippen LogP contribution in [0, 0.1) is 0 Å². The molecule has 106 valence electrons. The molecule has 0 aliphatic rings. The second-order valence-electron chi connectivity index (χ2n) is 4.39. The highest BCUT2D eigenvalue weighted by Gasteiger charge is 2.12. The highest BCUT2D eigenvalue weighted by molar-refractivity contribution is 6.08. The molecule has 0 saturated heterocycles. The van der Waals surface area contributed by atoms with Crippen LogP contribution in [0.1, 0.15) is 12.5 Å². The van der Waals surface area contributed by atoms with Crippen molar-refractivity contribution in [1.82, 2.24) is 4.98 Å². The Morgan fingerprint density at radius 2 is 2.20 bits per heavy atom. The van der Waals surface area contributed by atoms with E-state index in [1.807, 2.05) is 31.2 Å². The van der Waals surface area contributed by atoms with Crippen molar-refractivity contribution in [2.75, 3.05) is 13.7 Å². The van der Waals surface area contributed by atoms with Crippen LogP contribution >= 0.6 is 0 Å². The second-order valence-corrected chi connectivity index (χ2v) is 4.39. The van der Waals surface area contributed by atoms with Crippen LogP contribution in [0.3, 0.4) is 0 Å². The largest absolute Gasteiger partial charge is 0.472 e. The summed E-state index contributed by atoms with van der Waals surface area (Å²) < 4.78 is 10.7. The fourth-order valence-corrected chi connectivity index (χ4v) is 1.95. The van der Waals surface area contributed by atoms with Crippen molar-refractivity contribution in [1.29, 1.82) is 0 Å². The zero-order chi connectivity index (χ0) is 14.5. The molecule has 6 nitrogen and oxygen atoms in total. The number of amidine groups is 1. The minimum Gasteiger partial charge on any atom is -0.472 e. The molecule has 20 heavy (non-hydrogen) atoms. The summed E-state index contributed by atoms with van der Waals surface area (Å²) in [7, 11) is 1.61. The van der Waals surface area contributed by atoms with E-state index in [4.69, 9.17) is 20.4 Å². The quantitative estimate of drug-likeness (QED) is 0.375. The molecule has 3 N–H and O–H groups in total. The number of nitrogens with zero attached hydrogens (tertiary/aromatic N) is 2. The highest BCUT2D eigenvalue weighted by Crippen LogP contribution is 2.22. The average molecular weight is 275 g/mol. The summed E-state index contributed by atoms with van der Waals surface area (Å²) in [6.07, 6.45) is -0.145. The van der Waals surface area contributed by atoms with Crippen molar-refractivity contribution >= 4 is 16.7 Å². The third-order valence-electron chi connectivity index (χ3n) is 2.80. The van der Waals surface area contributed by atoms with Gasteiger partial charge < -0.3 is 20.4 Å². The van der Waals surface area contributed by atoms with Crippen LogP contribution in [-0.2, 0) is 4.74 Å². The van der Waals surface area contributed by atoms with Gasteiger partial charge in [-0.05, 0) is 13.0 Å². The number of fused-ring (bicyclic) bond motifs is 1. The van der Waals surface area contributed by atoms with E-state index < -0.39 is 0 Å². The van der Waals surface area contributed by atoms with Gasteiger partial charge in [0.15, 0.2) is 5.84 Å². The van der Waals surface area contributed by atoms with Crippen LogP contribution in [0.15, 0.2) is 35.5 Å². The molecular weight excluding hydrogens is 258 g/mol. The minimum atomic E-state index is -0.145. The van der Waals surface area contributed by atoms with Gasteiger partial charge in [-0.1, -0.05) is 23.4 Å². The van der Waals surface area contributed by atoms with Gasteiger partial charge in [0.05, 0.1) is 12.1 Å². The van der Waals surface area contributed by atoms with E-state index in [0.29, 0.717) is 18.1 Å². The third kappa shape index (κ3) is 2.97. The lowest BCUT2D eigenvalue weighted by molar-refractivity contribution is 0.0892. The first kappa shape index (κ1) is 14.1. The van der Waals surface area contributed by atoms with Gasteiger partial charge >= 0.3 is 0 Å². The molecule has 6 heteroatoms. The molecule has 2 aromatic rings. The maximum absolute atomic E-state index is 8.89. The summed E-state index contributed by atoms with van der Waals surface area (Å²) in [6, 6.07) is 9.10. The maximum Gasteiger partial charge on any atom is 0.214 e. The average Bonchev–Trinajstić information content (AvgIpc) is 2.45. The van der Waals surface area contributed by atoms with Crippen molar-refractivity contribution in [3.63, 3.8) is 0 Å². The number of para-hydroxylation sites is 1. The predicted octanol–water partition coefficient (Wildman–Crippen LogP) is 1.74. The van der Waals surface area contributed by atoms with E-state index in [1.165, 1.54) is 0 Å². The van der Waals surface area contributed by atoms with Crippen molar-refractivity contribution in [2.24, 2.45) is 10.9 Å². The number of ether oxygens (including phenoxy) is 2. The molecule has 0 bridgehead atoms. The van der Waals surface area contributed by atoms with E-state index >= 15 is 0 Å². The fourth-order valence-electron chi connectivity index (χ4n) is 1.95. The molecule has 1 unspecified atom stereocenters. The van der Waals surface area contributed by atoms with E-state index in [0.717, 1.165) is 10.9 Å². The third-order valence-corrected chi connectivity index (χ3v) is 2.80. The summed E-state index contributed by atoms with van der Waals surface area (Å²) in [6.45, 7) is 2.33. The first-order valence-corrected chi connectivity index (χ1v) is 6.19. The van der Waals surface area contributed by atoms with Crippen molar-refractivity contribution in [3.05, 3.63) is 35.9 Å². The van der Waals surface area contributed by atoms with Gasteiger partial charge in [-0.25, -0.2) is 4.98 Å². The zero-order valence-electron chi connectivity index (χ0n) is 11.4. The van der Waals surface area contributed by atoms with Crippen LogP contribution < -0.4 is 10.5 Å². The van der Waals surface area contributed by atoms with Crippen molar-refractivity contribution in [2.45, 2.75) is 13.0 Å². The van der Waals surface area contributed by atoms with Gasteiger partial charge in [-0.2, -0.15) is 0 Å². The normalized spacial score (nSPS) is 13.4. The first-order chi connectivity index (χ1) is 9.65. The maximum atomic E-state index is 8.89. The molecule has 0 saturated carbocycles. The van der Waals surface area contributed by atoms with Gasteiger partial charge in [0.2, 0.25) is 5.88 Å². The van der Waals surface area contributed by atoms with Crippen molar-refractivity contribution in [3.8, 4) is 5.88 Å². The summed E-state index contributed by atoms with van der Waals surface area (Å²) >= 11 is 0. The molecule has 0 aliphatic carbocycles. The van der Waals surface area contributed by atoms with Crippen LogP contribution in [0.4, 0.5) is 0 Å². The Kier molecular flexibility index (Phi) is 4.37. The minimum absolute atomic E-state index is 0.0212. The molecule has 2 rings (SSSR count). The summed E-state index contributed by atoms with van der Waals surface area (Å²) in [5, 5.41) is 12.7. The number of oxime groups is 1. The number of hydrogen-bond donors (Lipinski definition) is 2. The number of hydrogen-bond acceptors (Lipinski definition) is 5. The molecule has 0 amide bonds. The van der Waals surface area contributed by atoms with Gasteiger partial charge in [-0.15, -0.1) is 0 Å². The van der Waals surface area contributed by atoms with E-state index in [9.17, 15) is 0 Å². The smallest absolute Gasteiger partial charge is 0.214 e. The first-order valence-electron chi connectivity index (χ1n) is 6.19. The molecule has 0 radical (unpaired) electrons. The Morgan fingerprint density at radius 1 is 1.45 bits per heavy atom. The molecule has 0 aliphatic heterocycles. The molecule has 1 heterocycles. The summed E-state index contributed by atoms with van der Waals surface area (Å²) in [5.74, 6) is 0.433. The van der Waals surface area contributed by atoms with Crippen LogP contribution in [0.5, 0.6) is 5.88 Å². The topological polar surface area (TPSA) is 90.0 Å². The standard InChI is InChI=1S/C14H17N3O3/c1-9(8-19-2)20-13-7-11(14(15)17-18)10-5-3-4-6-12(10)16-13/h3-7,9,18H,8H2,1-2H3,(H2,15,17). The molecule has 1 aromatic carbocycles. The lowest BCUT2D eigenvalue weighted by atomic mass is 10.1. The lowest BCUT2D eigenvalue weighted by Crippen LogP contribution is -2.20. The van der Waals surface area contributed by atoms with Gasteiger partial charge in [0.25, 0.3) is 0 Å². The Morgan fingerprint density at radius 3 is 2.90 bits per heavy atom. The number of nitrogens with two attached hydrogens (primary N) is 1. The van der Waals surface area contributed by atoms with Gasteiger partial charge in [0.1, 0.15) is 6.10 Å². The molecular formula is C14H17N3O3. The number of aromatic nitrogens is 1. The Bertz CT molecular complexity index is 628. The van der Waals surface area contributed by atoms with E-state index in [1.54, 1.807) is 13.2 Å². The lowest BCUT2D eigenvalue weighted by Gasteiger charge is -2.14. The van der Waals surface area contributed by atoms with Crippen LogP contribution in [-0.4, -0.2) is 35.8 Å². The van der Waals surface area contributed by atoms with Crippen LogP contribution in [0.25, 0.3) is 10.9 Å². The highest BCUT2D eigenvalue weighted by atomic mass is 16.5. The number of methoxy groups -OCH3 is 1. The monoisotopic (exact) mass is 275 g/mol. The number of pyridine rings is 1. The predicted molar refractivity (Wildman–Crippen MR) is 76.2 cm³/mol. The number of benzene rings is 1. The van der Waals surface area contributed by atoms with Crippen molar-refractivity contribution < 1.29 is 14.7 Å². The molecule has 0 spiro atoms.